The van der Waals surface area contributed by atoms with Crippen LogP contribution >= 0.6 is 1140 Å². The Labute approximate surface area is 3540 Å². The molecule has 45 N–H and O–H groups in total. The average molecular weight is 12700 g/mol. The molecular weight excluding hydrogens is 12400 g/mol. The van der Waals surface area contributed by atoms with Crippen LogP contribution in [0.2, 0.25) is 0 Å². The summed E-state index contributed by atoms with van der Waals surface area (Å²) >= 11 is 0. The van der Waals surface area contributed by atoms with Gasteiger partial charge in [-0.25, -0.2) is 0 Å². The molecule has 0 amide bonds. The van der Waals surface area contributed by atoms with Crippen molar-refractivity contribution in [1.29, 1.82) is 0 Å². The quantitative estimate of drug-likeness (QED) is 0.0464. The molecule has 15 nitrogen and oxygen atoms in total. The molecular formula is H259F8I35K26N15P9S16V4W25Y11. The molecule has 0 aromatic heterocycles. The van der Waals surface area contributed by atoms with Gasteiger partial charge in [-0.05, 0) is 0 Å². The first-order valence-electron chi connectivity index (χ1n) is 0. The minimum absolute atomic E-state index is 0. The second-order valence-corrected chi connectivity index (χ2v) is 0. The van der Waals surface area contributed by atoms with Gasteiger partial charge in [0.2, 0.25) is 0 Å². The minimum Gasteiger partial charge on any atom is -1.00 e. The van der Waals surface area contributed by atoms with Gasteiger partial charge in [0.1, 0.15) is 0 Å². The molecule has 0 heterocycles. The van der Waals surface area contributed by atoms with Gasteiger partial charge in [0, 0.05) is 1020 Å². The summed E-state index contributed by atoms with van der Waals surface area (Å²) in [5.74, 6) is 0. The Balaban J connectivity index is 0. The van der Waals surface area contributed by atoms with Crippen molar-refractivity contribution in [1.82, 2.24) is 92.3 Å². The van der Waals surface area contributed by atoms with E-state index in [4.69, 9.17) is 0 Å². The molecule has 0 aliphatic rings. The number of hydrogen-bond acceptors (Lipinski definition) is 15. The van der Waals surface area contributed by atoms with Crippen LogP contribution in [0.3, 0.4) is 0 Å². The Morgan fingerprint density at radius 2 is 0.0872 bits per heavy atom. The number of rotatable bonds is 0. The van der Waals surface area contributed by atoms with Crippen molar-refractivity contribution in [3.8, 4) is 0 Å². The second kappa shape index (κ2) is 1430. The van der Waals surface area contributed by atoms with Gasteiger partial charge in [0.15, 0.2) is 0 Å². The molecule has 149 heteroatoms. The minimum atomic E-state index is 0. The van der Waals surface area contributed by atoms with Gasteiger partial charge >= 0.3 is 1340 Å². The topological polar surface area (TPSA) is 525 Å². The number of halogens is 43. The smallest absolute Gasteiger partial charge is 1.00 e. The molecule has 1005 valence electrons. The van der Waals surface area contributed by atoms with E-state index in [-0.39, 0.29) is 3670 Å². The van der Waals surface area contributed by atoms with Crippen LogP contribution in [0.5, 0.6) is 0 Å². The monoisotopic (exact) mass is 12700 g/mol. The summed E-state index contributed by atoms with van der Waals surface area (Å²) in [7, 11) is 0. The Kier molecular flexibility index (Phi) is 13800. The molecule has 15 radical (unpaired) electrons. The van der Waals surface area contributed by atoms with Gasteiger partial charge in [0.05, 0.1) is 0 Å². The van der Waals surface area contributed by atoms with Crippen LogP contribution in [0.4, 0.5) is 37.6 Å². The van der Waals surface area contributed by atoms with Crippen molar-refractivity contribution in [2.45, 2.75) is 0 Å². The van der Waals surface area contributed by atoms with E-state index in [9.17, 15) is 0 Å². The molecule has 9 atom stereocenters. The van der Waals surface area contributed by atoms with Crippen molar-refractivity contribution in [3.05, 3.63) is 0 Å². The molecule has 149 heavy (non-hydrogen) atoms. The van der Waals surface area contributed by atoms with E-state index in [0.717, 1.165) is 0 Å². The van der Waals surface area contributed by atoms with E-state index in [1.807, 2.05) is 0 Å². The average Bonchev–Trinajstić information content (AvgIpc) is 0. The summed E-state index contributed by atoms with van der Waals surface area (Å²) in [5.41, 5.74) is 0. The van der Waals surface area contributed by atoms with Crippen LogP contribution in [0.1, 0.15) is 98.4 Å². The summed E-state index contributed by atoms with van der Waals surface area (Å²) in [6.45, 7) is 0. The molecule has 0 bridgehead atoms. The molecule has 9 unspecified atom stereocenters. The maximum Gasteiger partial charge on any atom is 1.00 e. The molecule has 0 saturated heterocycles. The van der Waals surface area contributed by atoms with Crippen molar-refractivity contribution >= 4 is 1140 Å². The maximum atomic E-state index is 0. The van der Waals surface area contributed by atoms with Gasteiger partial charge in [-0.15, -0.1) is 839 Å². The fourth-order valence-corrected chi connectivity index (χ4v) is 0. The maximum absolute atomic E-state index is 0. The van der Waals surface area contributed by atoms with E-state index in [0.29, 0.717) is 0 Å². The molecule has 0 aliphatic carbocycles. The fourth-order valence-electron chi connectivity index (χ4n) is 0. The van der Waals surface area contributed by atoms with Crippen LogP contribution in [-0.4, -0.2) is 0 Å². The first kappa shape index (κ1) is 1440. The zero-order valence-electron chi connectivity index (χ0n) is 113. The Hall–Kier alpha value is 108. The fraction of sp³-hybridized carbons (Fsp3) is 0. The van der Waals surface area contributed by atoms with Crippen LogP contribution in [0, 0.1) is 0 Å². The standard InChI is InChI=1S/8FH.35HI.26K.15H3N.9H3P.16H2S.4V.25W.11Y.43H2.26H/h43*1H;;;;;;;;;;;;;;;;;;;;;;;;;;;24*1H3;16*1H2;;;;;;;;;;;;;;;;;;;;;;;;;;;;;;;;;;;;;;;;;43*1H;;;;;;;;;;;;;;;;;;;;;;;;;;/q;;;;;;;;;;;;;;;;;;;;;;;;;;;;;;;;;;;;;;;;;;;26*+1;;;;;;;;;;;;;;;;;;;;;;;;;;;;;;;;;;;;;;;;;;;;;;;;;;;;;;;;;;;;;;;;;;;;;;;;;;;;;;;;;;;;;;;;;;;;;;;;;;;;;;;;;;;;;;;;;;;;;;;;;;;;26*-1/i;;;;;;;;;;;;;;;;;;;;;;;;;;;;;;;;;;;;;;;;;;;;;;;;;;;;;;;;;;;;;;;;;;;;;;;;;;;;;;;;;;;;;;;;;;;;;;;;;;;;;;;;;;;;;;;;;;;;;;;;;;;;;;;;;;;;;;;;;;;;;;;;;;;;;30*1+2;12*1+1;;;;;;;;;;;;;;;;;;;;;;;;;;;. The Morgan fingerprint density at radius 1 is 0.0872 bits per heavy atom. The predicted molar refractivity (Wildman–Crippen MR) is 1020 cm³/mol. The molecule has 0 spiro atoms. The summed E-state index contributed by atoms with van der Waals surface area (Å²) < 4.78 is 0. The van der Waals surface area contributed by atoms with E-state index in [2.05, 4.69) is 0 Å². The van der Waals surface area contributed by atoms with Crippen molar-refractivity contribution in [2.24, 2.45) is 0 Å². The zero-order valence-corrected chi connectivity index (χ0v) is 389. The molecule has 0 aliphatic heterocycles. The largest absolute Gasteiger partial charge is 1.00 e. The molecule has 0 fully saturated rings. The normalized spacial score (nSPS) is 0. The first-order valence-corrected chi connectivity index (χ1v) is 0. The van der Waals surface area contributed by atoms with Gasteiger partial charge in [-0.1, -0.05) is 0 Å². The van der Waals surface area contributed by atoms with Gasteiger partial charge in [-0.3, -0.25) is 37.6 Å². The Morgan fingerprint density at radius 3 is 0.0872 bits per heavy atom. The van der Waals surface area contributed by atoms with Crippen molar-refractivity contribution in [3.63, 3.8) is 0 Å². The molecule has 0 rings (SSSR count). The summed E-state index contributed by atoms with van der Waals surface area (Å²) in [4.78, 5) is 0. The third-order valence-electron chi connectivity index (χ3n) is 0. The second-order valence-electron chi connectivity index (χ2n) is 0. The van der Waals surface area contributed by atoms with Crippen molar-refractivity contribution in [2.75, 3.05) is 0 Å². The van der Waals surface area contributed by atoms with E-state index in [1.54, 1.807) is 0 Å². The third kappa shape index (κ3) is 1420. The van der Waals surface area contributed by atoms with Gasteiger partial charge in [-0.2, -0.15) is 305 Å². The summed E-state index contributed by atoms with van der Waals surface area (Å²) in [5, 5.41) is 0. The zero-order chi connectivity index (χ0) is 0. The molecule has 0 aromatic carbocycles. The molecule has 0 saturated carbocycles. The van der Waals surface area contributed by atoms with Crippen LogP contribution in [0.15, 0.2) is 0 Å². The Bertz CT molecular complexity index is 633. The number of hydrogen-bond donors (Lipinski definition) is 15. The van der Waals surface area contributed by atoms with E-state index < -0.39 is 0 Å². The van der Waals surface area contributed by atoms with Crippen LogP contribution in [0.25, 0.3) is 0 Å². The van der Waals surface area contributed by atoms with Gasteiger partial charge < -0.3 is 129 Å². The summed E-state index contributed by atoms with van der Waals surface area (Å²) in [6, 6.07) is 0. The van der Waals surface area contributed by atoms with Crippen molar-refractivity contribution < 1.29 is 2430 Å². The molecule has 0 aromatic rings. The van der Waals surface area contributed by atoms with Crippen LogP contribution < -0.4 is 1430 Å². The third-order valence-corrected chi connectivity index (χ3v) is 0. The van der Waals surface area contributed by atoms with E-state index >= 15 is 0 Å². The summed E-state index contributed by atoms with van der Waals surface area (Å²) in [6.07, 6.45) is 0. The van der Waals surface area contributed by atoms with E-state index in [1.165, 1.54) is 0 Å². The SMILES string of the molecule is F.F.F.F.F.F.F.F.I.I.I.I.I.I.I.I.I.I.I.I.I.I.I.I.I.I.I.I.I.I.I.I.I.I.I.I.I.I.I.I.I.I.I.N.N.N.N.N.N.N.N.N.N.N.N.N.N.N.P.P.P.P.P.P.P.P.P.S.S.S.S.S.S.S.S.S.S.S.S.S.S.S.S.[2HH].[2HH].[2HH].[2HH].[2HH].[2HH].[2HH].[2HH].[2HH].[2HH].[2HH].[2HH].[3HH].[3HH].[3HH].[3HH].[3HH].[3HH].[3HH].[3HH].[3HH].[3HH].[3HH].[3HH].[3HH].[3HH].[3HH].[3HH].[3HH].[3HH].[3HH].[3HH].[3HH].[3HH].[3HH].[3HH].[3HH].[3HH].[3HH].[3HH].[3HH].[3HH].[H-].[H-].[H-].[H-].[H-].[H-].[H-].[H-].[H-].[H-].[H-].[H-].[H-].[H-].[H-].[H-].[H-].[H-].[H-].[H-].[H-].[H-].[H-].[H-].[H-].[H-].[HH].[K+].[K+].[K+].[K+].[K+].[K+].[K+].[K+].[K+].[K+].[K+].[K+].[K+].[K+].[K+].[K+].[K+].[K+].[K+].[K+].[K+].[K+].[K+].[K+].[K+].[K+].[V].[V].[V].[V].[W].[W].[W].[W].[W].[W].[W].[W].[W].[W].[W].[W].[W].[W].[W].[W].[W].[W].[W].[W].[W].[W].[W].[W].[W].[Y].[Y].[Y].[Y].[Y].[Y].[Y].[Y].[Y].[Y].[Y]. The van der Waals surface area contributed by atoms with Gasteiger partial charge in [0.25, 0.3) is 0 Å². The first-order chi connectivity index (χ1) is 0. The predicted octanol–water partition coefficient (Wildman–Crippen LogP) is -36.9. The van der Waals surface area contributed by atoms with Crippen LogP contribution in [-0.2, 0) is 961 Å².